The first-order valence-corrected chi connectivity index (χ1v) is 7.81. The van der Waals surface area contributed by atoms with Crippen LogP contribution in [0.2, 0.25) is 0 Å². The number of aromatic nitrogens is 1. The SMILES string of the molecule is CCCn1c(C)cc(/C=C(\C#N)C(=O)OCC(=O)NC(=O)NC)c1C. The van der Waals surface area contributed by atoms with Crippen LogP contribution >= 0.6 is 0 Å². The number of aryl methyl sites for hydroxylation is 1. The molecule has 0 saturated heterocycles. The van der Waals surface area contributed by atoms with Crippen LogP contribution in [0.3, 0.4) is 0 Å². The lowest BCUT2D eigenvalue weighted by Gasteiger charge is -2.07. The lowest BCUT2D eigenvalue weighted by Crippen LogP contribution is -2.39. The molecule has 0 spiro atoms. The molecule has 1 rings (SSSR count). The highest BCUT2D eigenvalue weighted by molar-refractivity contribution is 6.00. The number of nitrogens with zero attached hydrogens (tertiary/aromatic N) is 2. The molecule has 8 nitrogen and oxygen atoms in total. The summed E-state index contributed by atoms with van der Waals surface area (Å²) in [5.41, 5.74) is 2.50. The number of nitriles is 1. The van der Waals surface area contributed by atoms with E-state index in [0.29, 0.717) is 0 Å². The Balaban J connectivity index is 2.85. The smallest absolute Gasteiger partial charge is 0.349 e. The average Bonchev–Trinajstić information content (AvgIpc) is 2.85. The van der Waals surface area contributed by atoms with Crippen molar-refractivity contribution in [3.05, 3.63) is 28.6 Å². The Hall–Kier alpha value is -3.08. The van der Waals surface area contributed by atoms with Gasteiger partial charge in [0.1, 0.15) is 11.6 Å². The van der Waals surface area contributed by atoms with Gasteiger partial charge in [0, 0.05) is 25.0 Å². The number of carbonyl (C=O) groups excluding carboxylic acids is 3. The van der Waals surface area contributed by atoms with E-state index >= 15 is 0 Å². The summed E-state index contributed by atoms with van der Waals surface area (Å²) >= 11 is 0. The van der Waals surface area contributed by atoms with Crippen LogP contribution in [0.4, 0.5) is 4.79 Å². The van der Waals surface area contributed by atoms with E-state index in [1.165, 1.54) is 13.1 Å². The van der Waals surface area contributed by atoms with Gasteiger partial charge in [-0.15, -0.1) is 0 Å². The number of amides is 3. The molecule has 3 amide bonds. The molecule has 0 saturated carbocycles. The van der Waals surface area contributed by atoms with Crippen molar-refractivity contribution in [3.63, 3.8) is 0 Å². The maximum absolute atomic E-state index is 12.0. The summed E-state index contributed by atoms with van der Waals surface area (Å²) in [7, 11) is 1.35. The monoisotopic (exact) mass is 346 g/mol. The summed E-state index contributed by atoms with van der Waals surface area (Å²) in [4.78, 5) is 34.3. The third kappa shape index (κ3) is 5.49. The molecule has 0 aromatic carbocycles. The minimum atomic E-state index is -0.921. The van der Waals surface area contributed by atoms with Gasteiger partial charge in [-0.25, -0.2) is 9.59 Å². The number of carbonyl (C=O) groups is 3. The van der Waals surface area contributed by atoms with E-state index in [9.17, 15) is 19.6 Å². The predicted octanol–water partition coefficient (Wildman–Crippen LogP) is 1.42. The molecule has 1 aromatic heterocycles. The largest absolute Gasteiger partial charge is 0.451 e. The van der Waals surface area contributed by atoms with Crippen LogP contribution in [0.5, 0.6) is 0 Å². The van der Waals surface area contributed by atoms with Crippen molar-refractivity contribution < 1.29 is 19.1 Å². The minimum absolute atomic E-state index is 0.218. The second-order valence-corrected chi connectivity index (χ2v) is 5.35. The van der Waals surface area contributed by atoms with Gasteiger partial charge in [0.05, 0.1) is 0 Å². The van der Waals surface area contributed by atoms with Crippen LogP contribution in [0.15, 0.2) is 11.6 Å². The number of ether oxygens (including phenoxy) is 1. The lowest BCUT2D eigenvalue weighted by molar-refractivity contribution is -0.144. The fourth-order valence-corrected chi connectivity index (χ4v) is 2.27. The molecule has 0 atom stereocenters. The molecule has 0 fully saturated rings. The Morgan fingerprint density at radius 3 is 2.60 bits per heavy atom. The number of hydrogen-bond acceptors (Lipinski definition) is 5. The van der Waals surface area contributed by atoms with Crippen LogP contribution in [0.1, 0.15) is 30.3 Å². The molecule has 0 radical (unpaired) electrons. The van der Waals surface area contributed by atoms with Gasteiger partial charge < -0.3 is 14.6 Å². The first-order valence-electron chi connectivity index (χ1n) is 7.81. The fraction of sp³-hybridized carbons (Fsp3) is 0.412. The van der Waals surface area contributed by atoms with Crippen molar-refractivity contribution in [2.24, 2.45) is 0 Å². The zero-order chi connectivity index (χ0) is 19.0. The van der Waals surface area contributed by atoms with Crippen LogP contribution in [0, 0.1) is 25.2 Å². The summed E-state index contributed by atoms with van der Waals surface area (Å²) < 4.78 is 6.87. The molecule has 0 aliphatic rings. The van der Waals surface area contributed by atoms with Crippen molar-refractivity contribution in [1.82, 2.24) is 15.2 Å². The van der Waals surface area contributed by atoms with Crippen molar-refractivity contribution in [2.75, 3.05) is 13.7 Å². The molecule has 1 aromatic rings. The molecule has 2 N–H and O–H groups in total. The van der Waals surface area contributed by atoms with Gasteiger partial charge >= 0.3 is 12.0 Å². The van der Waals surface area contributed by atoms with Gasteiger partial charge in [0.25, 0.3) is 5.91 Å². The van der Waals surface area contributed by atoms with Crippen molar-refractivity contribution >= 4 is 24.0 Å². The molecule has 0 aliphatic heterocycles. The molecule has 0 aliphatic carbocycles. The fourth-order valence-electron chi connectivity index (χ4n) is 2.27. The van der Waals surface area contributed by atoms with E-state index in [2.05, 4.69) is 16.8 Å². The molecule has 1 heterocycles. The number of rotatable bonds is 6. The Kier molecular flexibility index (Phi) is 7.41. The first kappa shape index (κ1) is 20.0. The second-order valence-electron chi connectivity index (χ2n) is 5.35. The van der Waals surface area contributed by atoms with Gasteiger partial charge in [-0.3, -0.25) is 10.1 Å². The Labute approximate surface area is 146 Å². The quantitative estimate of drug-likeness (QED) is 0.459. The zero-order valence-corrected chi connectivity index (χ0v) is 14.8. The molecule has 0 unspecified atom stereocenters. The Morgan fingerprint density at radius 1 is 1.36 bits per heavy atom. The standard InChI is InChI=1S/C17H22N4O4/c1-5-6-21-11(2)7-13(12(21)3)8-14(9-18)16(23)25-10-15(22)20-17(24)19-4/h7-8H,5-6,10H2,1-4H3,(H2,19,20,22,24)/b14-8+. The van der Waals surface area contributed by atoms with Crippen LogP contribution in [-0.4, -0.2) is 36.1 Å². The topological polar surface area (TPSA) is 113 Å². The minimum Gasteiger partial charge on any atom is -0.451 e. The van der Waals surface area contributed by atoms with E-state index in [1.807, 2.05) is 25.2 Å². The number of urea groups is 1. The number of hydrogen-bond donors (Lipinski definition) is 2. The molecular weight excluding hydrogens is 324 g/mol. The van der Waals surface area contributed by atoms with Crippen molar-refractivity contribution in [3.8, 4) is 6.07 Å². The molecule has 0 bridgehead atoms. The van der Waals surface area contributed by atoms with Gasteiger partial charge in [0.2, 0.25) is 0 Å². The van der Waals surface area contributed by atoms with E-state index < -0.39 is 24.5 Å². The van der Waals surface area contributed by atoms with Gasteiger partial charge in [-0.1, -0.05) is 6.92 Å². The third-order valence-corrected chi connectivity index (χ3v) is 3.51. The van der Waals surface area contributed by atoms with Crippen molar-refractivity contribution in [2.45, 2.75) is 33.7 Å². The number of esters is 1. The highest BCUT2D eigenvalue weighted by Gasteiger charge is 2.16. The lowest BCUT2D eigenvalue weighted by atomic mass is 10.1. The summed E-state index contributed by atoms with van der Waals surface area (Å²) in [5.74, 6) is -1.71. The summed E-state index contributed by atoms with van der Waals surface area (Å²) in [6, 6.07) is 2.96. The normalized spacial score (nSPS) is 10.8. The number of nitrogens with one attached hydrogen (secondary N) is 2. The van der Waals surface area contributed by atoms with E-state index in [-0.39, 0.29) is 5.57 Å². The molecule has 25 heavy (non-hydrogen) atoms. The van der Waals surface area contributed by atoms with Gasteiger partial charge in [-0.2, -0.15) is 5.26 Å². The number of imide groups is 1. The molecule has 8 heteroatoms. The van der Waals surface area contributed by atoms with E-state index in [4.69, 9.17) is 4.74 Å². The summed E-state index contributed by atoms with van der Waals surface area (Å²) in [6.07, 6.45) is 2.40. The highest BCUT2D eigenvalue weighted by atomic mass is 16.5. The van der Waals surface area contributed by atoms with E-state index in [1.54, 1.807) is 6.07 Å². The third-order valence-electron chi connectivity index (χ3n) is 3.51. The second kappa shape index (κ2) is 9.27. The highest BCUT2D eigenvalue weighted by Crippen LogP contribution is 2.19. The van der Waals surface area contributed by atoms with Gasteiger partial charge in [0.15, 0.2) is 6.61 Å². The van der Waals surface area contributed by atoms with Crippen molar-refractivity contribution in [1.29, 1.82) is 5.26 Å². The Morgan fingerprint density at radius 2 is 2.04 bits per heavy atom. The first-order chi connectivity index (χ1) is 11.8. The maximum atomic E-state index is 12.0. The zero-order valence-electron chi connectivity index (χ0n) is 14.8. The van der Waals surface area contributed by atoms with Crippen LogP contribution in [-0.2, 0) is 20.9 Å². The summed E-state index contributed by atoms with van der Waals surface area (Å²) in [6.45, 7) is 6.12. The summed E-state index contributed by atoms with van der Waals surface area (Å²) in [5, 5.41) is 13.3. The van der Waals surface area contributed by atoms with Crippen LogP contribution in [0.25, 0.3) is 6.08 Å². The molecular formula is C17H22N4O4. The van der Waals surface area contributed by atoms with E-state index in [0.717, 1.165) is 29.9 Å². The predicted molar refractivity (Wildman–Crippen MR) is 91.3 cm³/mol. The van der Waals surface area contributed by atoms with Gasteiger partial charge in [-0.05, 0) is 38.0 Å². The average molecular weight is 346 g/mol. The Bertz CT molecular complexity index is 741. The molecule has 134 valence electrons. The van der Waals surface area contributed by atoms with Crippen LogP contribution < -0.4 is 10.6 Å². The maximum Gasteiger partial charge on any atom is 0.349 e.